The molecule has 3 aromatic rings. The highest BCUT2D eigenvalue weighted by Crippen LogP contribution is 2.41. The minimum absolute atomic E-state index is 0.0797. The fourth-order valence-corrected chi connectivity index (χ4v) is 5.47. The highest BCUT2D eigenvalue weighted by Gasteiger charge is 2.26. The molecule has 2 atom stereocenters. The number of hydrogen-bond donors (Lipinski definition) is 1. The van der Waals surface area contributed by atoms with Gasteiger partial charge in [0, 0.05) is 17.5 Å². The molecule has 0 aliphatic heterocycles. The van der Waals surface area contributed by atoms with Gasteiger partial charge in [-0.15, -0.1) is 0 Å². The number of nitrogen functional groups attached to an aromatic ring is 1. The third kappa shape index (κ3) is 7.02. The highest BCUT2D eigenvalue weighted by molar-refractivity contribution is 5.62. The van der Waals surface area contributed by atoms with Gasteiger partial charge < -0.3 is 5.73 Å². The molecule has 0 saturated carbocycles. The Morgan fingerprint density at radius 1 is 0.450 bits per heavy atom. The summed E-state index contributed by atoms with van der Waals surface area (Å²) in [5.41, 5.74) is 20.3. The molecular weight excluding hydrogens is 482 g/mol. The van der Waals surface area contributed by atoms with E-state index in [0.29, 0.717) is 0 Å². The Kier molecular flexibility index (Phi) is 8.55. The van der Waals surface area contributed by atoms with E-state index in [1.54, 1.807) is 0 Å². The minimum Gasteiger partial charge on any atom is -0.398 e. The molecule has 0 amide bonds. The molecule has 218 valence electrons. The van der Waals surface area contributed by atoms with Crippen LogP contribution in [0.4, 0.5) is 5.69 Å². The predicted octanol–water partition coefficient (Wildman–Crippen LogP) is 11.1. The molecule has 0 radical (unpaired) electrons. The molecular formula is C39H57N. The number of benzene rings is 3. The molecule has 3 aromatic carbocycles. The first-order valence-corrected chi connectivity index (χ1v) is 15.2. The van der Waals surface area contributed by atoms with E-state index in [4.69, 9.17) is 5.73 Å². The molecule has 0 spiro atoms. The molecule has 0 saturated heterocycles. The Balaban J connectivity index is 2.20. The van der Waals surface area contributed by atoms with Crippen LogP contribution in [0, 0.1) is 6.92 Å². The highest BCUT2D eigenvalue weighted by atomic mass is 14.6. The van der Waals surface area contributed by atoms with Gasteiger partial charge in [-0.05, 0) is 73.1 Å². The number of rotatable bonds is 4. The standard InChI is InChI=1S/C39H57N/c1-24-16-33(25(2)27-18-29(36(4,5)6)22-30(19-27)37(7,8)9)35(40)34(17-24)26(3)28-20-31(38(10,11)12)23-32(21-28)39(13,14)15/h16-23,25-26H,40H2,1-15H3. The molecule has 0 bridgehead atoms. The van der Waals surface area contributed by atoms with Crippen molar-refractivity contribution in [3.05, 3.63) is 98.6 Å². The summed E-state index contributed by atoms with van der Waals surface area (Å²) in [6.45, 7) is 34.5. The second-order valence-electron chi connectivity index (χ2n) is 16.5. The van der Waals surface area contributed by atoms with E-state index in [1.807, 2.05) is 0 Å². The lowest BCUT2D eigenvalue weighted by molar-refractivity contribution is 0.565. The molecule has 0 aliphatic rings. The zero-order valence-corrected chi connectivity index (χ0v) is 28.4. The van der Waals surface area contributed by atoms with E-state index >= 15 is 0 Å². The Bertz CT molecular complexity index is 1190. The van der Waals surface area contributed by atoms with Crippen LogP contribution in [0.15, 0.2) is 48.5 Å². The first kappa shape index (κ1) is 32.0. The van der Waals surface area contributed by atoms with Crippen molar-refractivity contribution in [2.45, 2.75) is 137 Å². The summed E-state index contributed by atoms with van der Waals surface area (Å²) < 4.78 is 0. The quantitative estimate of drug-likeness (QED) is 0.328. The van der Waals surface area contributed by atoms with Crippen molar-refractivity contribution in [2.24, 2.45) is 0 Å². The molecule has 1 nitrogen and oxygen atoms in total. The summed E-state index contributed by atoms with van der Waals surface area (Å²) in [7, 11) is 0. The van der Waals surface area contributed by atoms with Gasteiger partial charge in [-0.1, -0.05) is 151 Å². The summed E-state index contributed by atoms with van der Waals surface area (Å²) in [5.74, 6) is 0.389. The van der Waals surface area contributed by atoms with E-state index in [9.17, 15) is 0 Å². The van der Waals surface area contributed by atoms with Crippen molar-refractivity contribution in [2.75, 3.05) is 5.73 Å². The van der Waals surface area contributed by atoms with E-state index in [1.165, 1.54) is 50.1 Å². The summed E-state index contributed by atoms with van der Waals surface area (Å²) >= 11 is 0. The number of anilines is 1. The van der Waals surface area contributed by atoms with Crippen LogP contribution in [0.1, 0.15) is 159 Å². The van der Waals surface area contributed by atoms with E-state index in [0.717, 1.165) is 5.69 Å². The van der Waals surface area contributed by atoms with Gasteiger partial charge >= 0.3 is 0 Å². The average molecular weight is 540 g/mol. The van der Waals surface area contributed by atoms with Gasteiger partial charge in [0.25, 0.3) is 0 Å². The molecule has 1 heteroatoms. The Morgan fingerprint density at radius 2 is 0.700 bits per heavy atom. The second kappa shape index (κ2) is 10.7. The van der Waals surface area contributed by atoms with Crippen LogP contribution >= 0.6 is 0 Å². The van der Waals surface area contributed by atoms with E-state index < -0.39 is 0 Å². The molecule has 0 fully saturated rings. The maximum atomic E-state index is 7.12. The van der Waals surface area contributed by atoms with Gasteiger partial charge in [-0.2, -0.15) is 0 Å². The molecule has 0 aliphatic carbocycles. The van der Waals surface area contributed by atoms with Crippen LogP contribution < -0.4 is 5.73 Å². The largest absolute Gasteiger partial charge is 0.398 e. The van der Waals surface area contributed by atoms with E-state index in [-0.39, 0.29) is 33.5 Å². The normalized spacial score (nSPS) is 14.8. The van der Waals surface area contributed by atoms with Crippen LogP contribution in [-0.2, 0) is 21.7 Å². The maximum Gasteiger partial charge on any atom is 0.0391 e. The monoisotopic (exact) mass is 539 g/mol. The molecule has 2 N–H and O–H groups in total. The number of hydrogen-bond acceptors (Lipinski definition) is 1. The molecule has 3 rings (SSSR count). The maximum absolute atomic E-state index is 7.12. The fourth-order valence-electron chi connectivity index (χ4n) is 5.47. The van der Waals surface area contributed by atoms with Crippen LogP contribution in [0.2, 0.25) is 0 Å². The van der Waals surface area contributed by atoms with Gasteiger partial charge in [0.15, 0.2) is 0 Å². The topological polar surface area (TPSA) is 26.0 Å². The van der Waals surface area contributed by atoms with Crippen molar-refractivity contribution in [1.29, 1.82) is 0 Å². The lowest BCUT2D eigenvalue weighted by Gasteiger charge is -2.29. The Hall–Kier alpha value is -2.54. The number of aryl methyl sites for hydroxylation is 1. The van der Waals surface area contributed by atoms with Crippen LogP contribution in [0.5, 0.6) is 0 Å². The zero-order chi connectivity index (χ0) is 30.6. The molecule has 0 heterocycles. The summed E-state index contributed by atoms with van der Waals surface area (Å²) in [6, 6.07) is 19.1. The van der Waals surface area contributed by atoms with Crippen molar-refractivity contribution >= 4 is 5.69 Å². The van der Waals surface area contributed by atoms with Gasteiger partial charge in [-0.3, -0.25) is 0 Å². The van der Waals surface area contributed by atoms with Crippen LogP contribution in [0.25, 0.3) is 0 Å². The van der Waals surface area contributed by atoms with Crippen molar-refractivity contribution in [3.8, 4) is 0 Å². The van der Waals surface area contributed by atoms with Gasteiger partial charge in [-0.25, -0.2) is 0 Å². The predicted molar refractivity (Wildman–Crippen MR) is 178 cm³/mol. The van der Waals surface area contributed by atoms with Crippen molar-refractivity contribution < 1.29 is 0 Å². The molecule has 0 aromatic heterocycles. The lowest BCUT2D eigenvalue weighted by Crippen LogP contribution is -2.18. The Labute approximate surface area is 247 Å². The molecule has 40 heavy (non-hydrogen) atoms. The van der Waals surface area contributed by atoms with Crippen molar-refractivity contribution in [3.63, 3.8) is 0 Å². The van der Waals surface area contributed by atoms with Crippen molar-refractivity contribution in [1.82, 2.24) is 0 Å². The van der Waals surface area contributed by atoms with Gasteiger partial charge in [0.2, 0.25) is 0 Å². The fraction of sp³-hybridized carbons (Fsp3) is 0.538. The minimum atomic E-state index is 0.0797. The van der Waals surface area contributed by atoms with Gasteiger partial charge in [0.1, 0.15) is 0 Å². The summed E-state index contributed by atoms with van der Waals surface area (Å²) in [4.78, 5) is 0. The summed E-state index contributed by atoms with van der Waals surface area (Å²) in [6.07, 6.45) is 0. The van der Waals surface area contributed by atoms with Gasteiger partial charge in [0.05, 0.1) is 0 Å². The lowest BCUT2D eigenvalue weighted by atomic mass is 9.76. The second-order valence-corrected chi connectivity index (χ2v) is 16.5. The average Bonchev–Trinajstić information content (AvgIpc) is 2.81. The number of nitrogens with two attached hydrogens (primary N) is 1. The van der Waals surface area contributed by atoms with Crippen LogP contribution in [-0.4, -0.2) is 0 Å². The smallest absolute Gasteiger partial charge is 0.0391 e. The van der Waals surface area contributed by atoms with Crippen LogP contribution in [0.3, 0.4) is 0 Å². The molecule has 2 unspecified atom stereocenters. The SMILES string of the molecule is Cc1cc(C(C)c2cc(C(C)(C)C)cc(C(C)(C)C)c2)c(N)c(C(C)c2cc(C(C)(C)C)cc(C(C)(C)C)c2)c1. The third-order valence-electron chi connectivity index (χ3n) is 8.70. The Morgan fingerprint density at radius 3 is 0.925 bits per heavy atom. The van der Waals surface area contributed by atoms with E-state index in [2.05, 4.69) is 152 Å². The summed E-state index contributed by atoms with van der Waals surface area (Å²) in [5, 5.41) is 0. The first-order valence-electron chi connectivity index (χ1n) is 15.2. The third-order valence-corrected chi connectivity index (χ3v) is 8.70. The zero-order valence-electron chi connectivity index (χ0n) is 28.4. The first-order chi connectivity index (χ1) is 18.0.